The highest BCUT2D eigenvalue weighted by Crippen LogP contribution is 2.25. The van der Waals surface area contributed by atoms with E-state index in [2.05, 4.69) is 22.8 Å². The Labute approximate surface area is 154 Å². The van der Waals surface area contributed by atoms with Crippen LogP contribution in [0, 0.1) is 6.92 Å². The molecule has 1 unspecified atom stereocenters. The average molecular weight is 351 g/mol. The highest BCUT2D eigenvalue weighted by molar-refractivity contribution is 6.40. The standard InChI is InChI=1S/C21H25N3O2/c1-13-7-10-19(18(22)11-13)24-21(26)20(25)23-14(2)16-9-8-15-5-3-4-6-17(15)12-16/h7-12,14H,3-6,22H2,1-2H3,(H,23,25)(H,24,26). The van der Waals surface area contributed by atoms with Gasteiger partial charge in [0.15, 0.2) is 0 Å². The second kappa shape index (κ2) is 7.60. The number of carbonyl (C=O) groups excluding carboxylic acids is 2. The highest BCUT2D eigenvalue weighted by atomic mass is 16.2. The topological polar surface area (TPSA) is 84.2 Å². The number of benzene rings is 2. The van der Waals surface area contributed by atoms with E-state index < -0.39 is 11.8 Å². The Kier molecular flexibility index (Phi) is 5.26. The van der Waals surface area contributed by atoms with E-state index in [4.69, 9.17) is 5.73 Å². The number of hydrogen-bond acceptors (Lipinski definition) is 3. The Morgan fingerprint density at radius 2 is 1.73 bits per heavy atom. The molecule has 0 fully saturated rings. The molecule has 0 bridgehead atoms. The number of amides is 2. The molecular formula is C21H25N3O2. The van der Waals surface area contributed by atoms with Gasteiger partial charge in [-0.15, -0.1) is 0 Å². The number of hydrogen-bond donors (Lipinski definition) is 3. The molecule has 1 aliphatic carbocycles. The highest BCUT2D eigenvalue weighted by Gasteiger charge is 2.19. The fourth-order valence-corrected chi connectivity index (χ4v) is 3.34. The van der Waals surface area contributed by atoms with Crippen molar-refractivity contribution in [1.29, 1.82) is 0 Å². The predicted octanol–water partition coefficient (Wildman–Crippen LogP) is 3.27. The Morgan fingerprint density at radius 1 is 1.00 bits per heavy atom. The molecule has 3 rings (SSSR count). The summed E-state index contributed by atoms with van der Waals surface area (Å²) in [5, 5.41) is 5.33. The van der Waals surface area contributed by atoms with Crippen LogP contribution < -0.4 is 16.4 Å². The van der Waals surface area contributed by atoms with Crippen molar-refractivity contribution < 1.29 is 9.59 Å². The normalized spacial score (nSPS) is 14.2. The van der Waals surface area contributed by atoms with Crippen molar-refractivity contribution in [2.75, 3.05) is 11.1 Å². The summed E-state index contributed by atoms with van der Waals surface area (Å²) in [5.74, 6) is -1.39. The summed E-state index contributed by atoms with van der Waals surface area (Å²) in [4.78, 5) is 24.4. The van der Waals surface area contributed by atoms with Gasteiger partial charge in [0.05, 0.1) is 17.4 Å². The van der Waals surface area contributed by atoms with Crippen LogP contribution in [0.1, 0.15) is 48.1 Å². The van der Waals surface area contributed by atoms with Crippen LogP contribution in [-0.2, 0) is 22.4 Å². The molecular weight excluding hydrogens is 326 g/mol. The van der Waals surface area contributed by atoms with Crippen molar-refractivity contribution in [3.8, 4) is 0 Å². The second-order valence-electron chi connectivity index (χ2n) is 6.98. The Hall–Kier alpha value is -2.82. The van der Waals surface area contributed by atoms with Gasteiger partial charge in [0.2, 0.25) is 0 Å². The summed E-state index contributed by atoms with van der Waals surface area (Å²) in [6.07, 6.45) is 4.65. The third-order valence-electron chi connectivity index (χ3n) is 4.88. The molecule has 2 aromatic carbocycles. The van der Waals surface area contributed by atoms with Gasteiger partial charge in [-0.25, -0.2) is 0 Å². The zero-order valence-corrected chi connectivity index (χ0v) is 15.3. The van der Waals surface area contributed by atoms with Crippen LogP contribution in [0.15, 0.2) is 36.4 Å². The van der Waals surface area contributed by atoms with Crippen molar-refractivity contribution in [1.82, 2.24) is 5.32 Å². The average Bonchev–Trinajstić information content (AvgIpc) is 2.63. The Bertz CT molecular complexity index is 845. The molecule has 0 aliphatic heterocycles. The molecule has 0 aromatic heterocycles. The molecule has 0 saturated carbocycles. The van der Waals surface area contributed by atoms with Gasteiger partial charge in [-0.2, -0.15) is 0 Å². The summed E-state index contributed by atoms with van der Waals surface area (Å²) in [5.41, 5.74) is 11.5. The largest absolute Gasteiger partial charge is 0.397 e. The maximum atomic E-state index is 12.2. The lowest BCUT2D eigenvalue weighted by Gasteiger charge is -2.20. The van der Waals surface area contributed by atoms with Crippen LogP contribution in [0.25, 0.3) is 0 Å². The number of carbonyl (C=O) groups is 2. The van der Waals surface area contributed by atoms with Crippen LogP contribution in [0.3, 0.4) is 0 Å². The summed E-state index contributed by atoms with van der Waals surface area (Å²) in [7, 11) is 0. The van der Waals surface area contributed by atoms with E-state index >= 15 is 0 Å². The first-order chi connectivity index (χ1) is 12.4. The molecule has 26 heavy (non-hydrogen) atoms. The number of nitrogens with two attached hydrogens (primary N) is 1. The number of nitrogens with one attached hydrogen (secondary N) is 2. The van der Waals surface area contributed by atoms with Crippen LogP contribution in [0.2, 0.25) is 0 Å². The van der Waals surface area contributed by atoms with Crippen molar-refractivity contribution >= 4 is 23.2 Å². The van der Waals surface area contributed by atoms with E-state index in [1.54, 1.807) is 12.1 Å². The lowest BCUT2D eigenvalue weighted by molar-refractivity contribution is -0.136. The van der Waals surface area contributed by atoms with Gasteiger partial charge in [-0.1, -0.05) is 24.3 Å². The van der Waals surface area contributed by atoms with E-state index in [-0.39, 0.29) is 6.04 Å². The molecule has 0 heterocycles. The number of nitrogen functional groups attached to an aromatic ring is 1. The monoisotopic (exact) mass is 351 g/mol. The van der Waals surface area contributed by atoms with Crippen LogP contribution in [-0.4, -0.2) is 11.8 Å². The SMILES string of the molecule is Cc1ccc(NC(=O)C(=O)NC(C)c2ccc3c(c2)CCCC3)c(N)c1. The predicted molar refractivity (Wildman–Crippen MR) is 104 cm³/mol. The molecule has 5 heteroatoms. The van der Waals surface area contributed by atoms with E-state index in [9.17, 15) is 9.59 Å². The summed E-state index contributed by atoms with van der Waals surface area (Å²) in [6, 6.07) is 11.4. The number of anilines is 2. The van der Waals surface area contributed by atoms with E-state index in [1.165, 1.54) is 24.0 Å². The van der Waals surface area contributed by atoms with Crippen molar-refractivity contribution in [3.05, 3.63) is 58.7 Å². The summed E-state index contributed by atoms with van der Waals surface area (Å²) < 4.78 is 0. The number of fused-ring (bicyclic) bond motifs is 1. The molecule has 1 atom stereocenters. The minimum atomic E-state index is -0.717. The zero-order valence-electron chi connectivity index (χ0n) is 15.3. The minimum Gasteiger partial charge on any atom is -0.397 e. The third kappa shape index (κ3) is 4.04. The van der Waals surface area contributed by atoms with E-state index in [1.807, 2.05) is 26.0 Å². The molecule has 1 aliphatic rings. The lowest BCUT2D eigenvalue weighted by atomic mass is 9.89. The molecule has 0 radical (unpaired) electrons. The van der Waals surface area contributed by atoms with Gasteiger partial charge in [0.25, 0.3) is 0 Å². The fraction of sp³-hybridized carbons (Fsp3) is 0.333. The van der Waals surface area contributed by atoms with E-state index in [0.717, 1.165) is 24.0 Å². The Morgan fingerprint density at radius 3 is 2.46 bits per heavy atom. The van der Waals surface area contributed by atoms with Crippen LogP contribution in [0.5, 0.6) is 0 Å². The van der Waals surface area contributed by atoms with Gasteiger partial charge < -0.3 is 16.4 Å². The smallest absolute Gasteiger partial charge is 0.313 e. The molecule has 2 aromatic rings. The van der Waals surface area contributed by atoms with Crippen LogP contribution >= 0.6 is 0 Å². The minimum absolute atomic E-state index is 0.240. The summed E-state index contributed by atoms with van der Waals surface area (Å²) >= 11 is 0. The lowest BCUT2D eigenvalue weighted by Crippen LogP contribution is -2.37. The molecule has 0 spiro atoms. The van der Waals surface area contributed by atoms with E-state index in [0.29, 0.717) is 11.4 Å². The van der Waals surface area contributed by atoms with Gasteiger partial charge in [0, 0.05) is 0 Å². The second-order valence-corrected chi connectivity index (χ2v) is 6.98. The van der Waals surface area contributed by atoms with Crippen LogP contribution in [0.4, 0.5) is 11.4 Å². The maximum absolute atomic E-state index is 12.2. The molecule has 4 N–H and O–H groups in total. The number of rotatable bonds is 3. The first-order valence-corrected chi connectivity index (χ1v) is 9.03. The third-order valence-corrected chi connectivity index (χ3v) is 4.88. The zero-order chi connectivity index (χ0) is 18.7. The van der Waals surface area contributed by atoms with Crippen molar-refractivity contribution in [2.24, 2.45) is 0 Å². The molecule has 2 amide bonds. The van der Waals surface area contributed by atoms with Gasteiger partial charge in [-0.05, 0) is 73.9 Å². The van der Waals surface area contributed by atoms with Crippen molar-refractivity contribution in [2.45, 2.75) is 45.6 Å². The van der Waals surface area contributed by atoms with Crippen molar-refractivity contribution in [3.63, 3.8) is 0 Å². The summed E-state index contributed by atoms with van der Waals surface area (Å²) in [6.45, 7) is 3.80. The maximum Gasteiger partial charge on any atom is 0.313 e. The van der Waals surface area contributed by atoms with Gasteiger partial charge >= 0.3 is 11.8 Å². The van der Waals surface area contributed by atoms with Gasteiger partial charge in [-0.3, -0.25) is 9.59 Å². The molecule has 136 valence electrons. The Balaban J connectivity index is 1.64. The first kappa shape index (κ1) is 18.0. The van der Waals surface area contributed by atoms with Gasteiger partial charge in [0.1, 0.15) is 0 Å². The quantitative estimate of drug-likeness (QED) is 0.586. The fourth-order valence-electron chi connectivity index (χ4n) is 3.34. The number of aryl methyl sites for hydroxylation is 3. The molecule has 5 nitrogen and oxygen atoms in total. The molecule has 0 saturated heterocycles. The first-order valence-electron chi connectivity index (χ1n) is 9.03.